The fraction of sp³-hybridized carbons (Fsp3) is 0.259. The van der Waals surface area contributed by atoms with Crippen LogP contribution in [0.25, 0.3) is 22.0 Å². The zero-order chi connectivity index (χ0) is 22.6. The molecule has 0 saturated carbocycles. The second-order valence-electron chi connectivity index (χ2n) is 8.50. The van der Waals surface area contributed by atoms with E-state index in [-0.39, 0.29) is 12.2 Å². The number of hydrogen-bond donors (Lipinski definition) is 1. The van der Waals surface area contributed by atoms with E-state index in [1.54, 1.807) is 0 Å². The number of Topliss-reactive ketones (excluding diaryl/α,β-unsaturated/α-hetero) is 1. The van der Waals surface area contributed by atoms with Crippen LogP contribution in [0.15, 0.2) is 72.9 Å². The van der Waals surface area contributed by atoms with Crippen molar-refractivity contribution in [3.05, 3.63) is 84.1 Å². The first-order chi connectivity index (χ1) is 16.2. The van der Waals surface area contributed by atoms with Gasteiger partial charge >= 0.3 is 0 Å². The lowest BCUT2D eigenvalue weighted by Crippen LogP contribution is -2.38. The van der Waals surface area contributed by atoms with Crippen molar-refractivity contribution in [2.24, 2.45) is 0 Å². The first kappa shape index (κ1) is 21.4. The van der Waals surface area contributed by atoms with Gasteiger partial charge in [0.1, 0.15) is 0 Å². The molecule has 33 heavy (non-hydrogen) atoms. The highest BCUT2D eigenvalue weighted by Gasteiger charge is 2.14. The number of nitrogens with zero attached hydrogens (tertiary/aromatic N) is 3. The van der Waals surface area contributed by atoms with Gasteiger partial charge in [-0.2, -0.15) is 5.10 Å². The van der Waals surface area contributed by atoms with E-state index < -0.39 is 0 Å². The smallest absolute Gasteiger partial charge is 0.167 e. The molecule has 168 valence electrons. The molecular weight excluding hydrogens is 412 g/mol. The number of aromatic nitrogens is 2. The van der Waals surface area contributed by atoms with Crippen molar-refractivity contribution in [3.8, 4) is 11.1 Å². The zero-order valence-electron chi connectivity index (χ0n) is 18.6. The number of nitrogen functional groups attached to an aromatic ring is 1. The summed E-state index contributed by atoms with van der Waals surface area (Å²) in [5, 5.41) is 5.65. The Morgan fingerprint density at radius 1 is 0.939 bits per heavy atom. The third kappa shape index (κ3) is 4.97. The highest BCUT2D eigenvalue weighted by molar-refractivity contribution is 6.01. The Morgan fingerprint density at radius 3 is 2.58 bits per heavy atom. The van der Waals surface area contributed by atoms with E-state index in [1.165, 1.54) is 0 Å². The fourth-order valence-electron chi connectivity index (χ4n) is 4.28. The van der Waals surface area contributed by atoms with Gasteiger partial charge in [0.15, 0.2) is 5.78 Å². The number of hydrogen-bond acceptors (Lipinski definition) is 5. The van der Waals surface area contributed by atoms with Crippen LogP contribution < -0.4 is 5.73 Å². The Hall–Kier alpha value is -3.48. The first-order valence-electron chi connectivity index (χ1n) is 11.4. The molecule has 0 atom stereocenters. The minimum absolute atomic E-state index is 0.0508. The lowest BCUT2D eigenvalue weighted by atomic mass is 9.97. The molecular formula is C27H28N4O2. The van der Waals surface area contributed by atoms with Gasteiger partial charge in [0.05, 0.1) is 25.3 Å². The molecule has 2 N–H and O–H groups in total. The van der Waals surface area contributed by atoms with Crippen molar-refractivity contribution in [2.45, 2.75) is 13.0 Å². The van der Waals surface area contributed by atoms with Gasteiger partial charge in [0.25, 0.3) is 0 Å². The number of anilines is 1. The molecule has 0 amide bonds. The minimum Gasteiger partial charge on any atom is -0.398 e. The third-order valence-electron chi connectivity index (χ3n) is 6.22. The van der Waals surface area contributed by atoms with Crippen LogP contribution in [0, 0.1) is 0 Å². The summed E-state index contributed by atoms with van der Waals surface area (Å²) in [5.41, 5.74) is 11.4. The van der Waals surface area contributed by atoms with Gasteiger partial charge in [-0.05, 0) is 47.0 Å². The molecule has 5 rings (SSSR count). The number of benzene rings is 3. The molecule has 0 aliphatic carbocycles. The maximum absolute atomic E-state index is 13.1. The third-order valence-corrected chi connectivity index (χ3v) is 6.22. The van der Waals surface area contributed by atoms with Crippen LogP contribution in [-0.2, 0) is 17.7 Å². The van der Waals surface area contributed by atoms with Crippen molar-refractivity contribution in [3.63, 3.8) is 0 Å². The normalized spacial score (nSPS) is 14.5. The molecule has 1 aliphatic rings. The lowest BCUT2D eigenvalue weighted by Gasteiger charge is -2.26. The number of carbonyl (C=O) groups is 1. The van der Waals surface area contributed by atoms with Gasteiger partial charge in [0, 0.05) is 48.9 Å². The zero-order valence-corrected chi connectivity index (χ0v) is 18.6. The predicted octanol–water partition coefficient (Wildman–Crippen LogP) is 4.04. The fourth-order valence-corrected chi connectivity index (χ4v) is 4.28. The van der Waals surface area contributed by atoms with Gasteiger partial charge in [0.2, 0.25) is 0 Å². The predicted molar refractivity (Wildman–Crippen MR) is 131 cm³/mol. The SMILES string of the molecule is Nc1ccc(-c2ccccc2)cc1CC(=O)c1ccc2nn(CCN3CCOCC3)cc2c1. The molecule has 0 unspecified atom stereocenters. The molecule has 6 nitrogen and oxygen atoms in total. The number of carbonyl (C=O) groups excluding carboxylic acids is 1. The largest absolute Gasteiger partial charge is 0.398 e. The summed E-state index contributed by atoms with van der Waals surface area (Å²) in [5.74, 6) is 0.0508. The van der Waals surface area contributed by atoms with Crippen LogP contribution in [0.4, 0.5) is 5.69 Å². The van der Waals surface area contributed by atoms with E-state index in [0.29, 0.717) is 11.3 Å². The van der Waals surface area contributed by atoms with Crippen LogP contribution in [0.3, 0.4) is 0 Å². The van der Waals surface area contributed by atoms with E-state index in [9.17, 15) is 4.79 Å². The number of ketones is 1. The summed E-state index contributed by atoms with van der Waals surface area (Å²) < 4.78 is 7.38. The Morgan fingerprint density at radius 2 is 1.76 bits per heavy atom. The average Bonchev–Trinajstić information content (AvgIpc) is 3.27. The summed E-state index contributed by atoms with van der Waals surface area (Å²) >= 11 is 0. The van der Waals surface area contributed by atoms with Crippen LogP contribution in [-0.4, -0.2) is 53.3 Å². The maximum Gasteiger partial charge on any atom is 0.167 e. The highest BCUT2D eigenvalue weighted by atomic mass is 16.5. The van der Waals surface area contributed by atoms with Crippen LogP contribution in [0.2, 0.25) is 0 Å². The van der Waals surface area contributed by atoms with Crippen LogP contribution >= 0.6 is 0 Å². The molecule has 3 aromatic carbocycles. The van der Waals surface area contributed by atoms with Crippen molar-refractivity contribution in [1.29, 1.82) is 0 Å². The number of nitrogens with two attached hydrogens (primary N) is 1. The number of rotatable bonds is 7. The van der Waals surface area contributed by atoms with Crippen molar-refractivity contribution in [2.75, 3.05) is 38.6 Å². The number of ether oxygens (including phenoxy) is 1. The molecule has 1 aliphatic heterocycles. The first-order valence-corrected chi connectivity index (χ1v) is 11.4. The Kier molecular flexibility index (Phi) is 6.19. The summed E-state index contributed by atoms with van der Waals surface area (Å²) in [6.45, 7) is 5.29. The quantitative estimate of drug-likeness (QED) is 0.347. The summed E-state index contributed by atoms with van der Waals surface area (Å²) in [6.07, 6.45) is 2.29. The van der Waals surface area contributed by atoms with E-state index >= 15 is 0 Å². The molecule has 1 saturated heterocycles. The second-order valence-corrected chi connectivity index (χ2v) is 8.50. The Balaban J connectivity index is 1.30. The van der Waals surface area contributed by atoms with Crippen LogP contribution in [0.1, 0.15) is 15.9 Å². The van der Waals surface area contributed by atoms with E-state index in [2.05, 4.69) is 22.1 Å². The second kappa shape index (κ2) is 9.57. The lowest BCUT2D eigenvalue weighted by molar-refractivity contribution is 0.0360. The van der Waals surface area contributed by atoms with Gasteiger partial charge in [-0.25, -0.2) is 0 Å². The van der Waals surface area contributed by atoms with E-state index in [1.807, 2.05) is 65.5 Å². The molecule has 0 radical (unpaired) electrons. The minimum atomic E-state index is 0.0508. The highest BCUT2D eigenvalue weighted by Crippen LogP contribution is 2.25. The topological polar surface area (TPSA) is 73.4 Å². The van der Waals surface area contributed by atoms with Crippen molar-refractivity contribution < 1.29 is 9.53 Å². The van der Waals surface area contributed by atoms with Gasteiger partial charge in [-0.15, -0.1) is 0 Å². The van der Waals surface area contributed by atoms with Crippen LogP contribution in [0.5, 0.6) is 0 Å². The van der Waals surface area contributed by atoms with Gasteiger partial charge < -0.3 is 10.5 Å². The average molecular weight is 441 g/mol. The Bertz CT molecular complexity index is 1260. The van der Waals surface area contributed by atoms with Crippen molar-refractivity contribution in [1.82, 2.24) is 14.7 Å². The molecule has 0 bridgehead atoms. The Labute approximate surface area is 193 Å². The van der Waals surface area contributed by atoms with E-state index in [0.717, 1.165) is 67.0 Å². The summed E-state index contributed by atoms with van der Waals surface area (Å²) in [6, 6.07) is 21.7. The van der Waals surface area contributed by atoms with E-state index in [4.69, 9.17) is 10.5 Å². The monoisotopic (exact) mass is 440 g/mol. The number of morpholine rings is 1. The van der Waals surface area contributed by atoms with Crippen molar-refractivity contribution >= 4 is 22.4 Å². The summed E-state index contributed by atoms with van der Waals surface area (Å²) in [4.78, 5) is 15.5. The molecule has 1 fully saturated rings. The number of fused-ring (bicyclic) bond motifs is 1. The standard InChI is InChI=1S/C27H28N4O2/c28-25-8-6-21(20-4-2-1-3-5-20)16-23(25)18-27(32)22-7-9-26-24(17-22)19-31(29-26)11-10-30-12-14-33-15-13-30/h1-9,16-17,19H,10-15,18,28H2. The van der Waals surface area contributed by atoms with Gasteiger partial charge in [-0.1, -0.05) is 36.4 Å². The molecule has 4 aromatic rings. The molecule has 0 spiro atoms. The van der Waals surface area contributed by atoms with Gasteiger partial charge in [-0.3, -0.25) is 14.4 Å². The molecule has 6 heteroatoms. The molecule has 1 aromatic heterocycles. The molecule has 2 heterocycles. The maximum atomic E-state index is 13.1. The summed E-state index contributed by atoms with van der Waals surface area (Å²) in [7, 11) is 0.